The molecule has 0 aliphatic heterocycles. The second-order valence-corrected chi connectivity index (χ2v) is 7.52. The zero-order valence-corrected chi connectivity index (χ0v) is 18.5. The molecule has 33 heavy (non-hydrogen) atoms. The van der Waals surface area contributed by atoms with Crippen LogP contribution < -0.4 is 10.5 Å². The van der Waals surface area contributed by atoms with Crippen molar-refractivity contribution >= 4 is 16.7 Å². The summed E-state index contributed by atoms with van der Waals surface area (Å²) in [7, 11) is 1.65. The molecule has 0 spiro atoms. The molecule has 9 heteroatoms. The van der Waals surface area contributed by atoms with E-state index in [-0.39, 0.29) is 17.9 Å². The number of nitrogen functional groups attached to an aromatic ring is 1. The number of rotatable bonds is 9. The monoisotopic (exact) mass is 453 g/mol. The van der Waals surface area contributed by atoms with Crippen LogP contribution in [0.1, 0.15) is 24.5 Å². The van der Waals surface area contributed by atoms with Gasteiger partial charge in [-0.2, -0.15) is 5.10 Å². The van der Waals surface area contributed by atoms with E-state index in [0.29, 0.717) is 42.5 Å². The number of aryl methyl sites for hydroxylation is 1. The van der Waals surface area contributed by atoms with E-state index in [1.54, 1.807) is 24.9 Å². The molecule has 2 N–H and O–H groups in total. The number of hydrogen-bond acceptors (Lipinski definition) is 6. The standard InChI is InChI=1S/C24H25F2N5O2/c1-3-33-16-11-19(25)18(20(26)12-16)14-31-21-9-5-4-8-17(21)22(30-31)24-28-13-15(23(27)29-24)7-6-10-32-2/h4-5,8-9,11-13H,3,6-7,10,14H2,1-2H3,(H2,27,28,29). The van der Waals surface area contributed by atoms with E-state index in [4.69, 9.17) is 15.2 Å². The molecule has 0 amide bonds. The van der Waals surface area contributed by atoms with Crippen molar-refractivity contribution < 1.29 is 18.3 Å². The van der Waals surface area contributed by atoms with Gasteiger partial charge in [-0.05, 0) is 25.8 Å². The number of fused-ring (bicyclic) bond motifs is 1. The Hall–Kier alpha value is -3.59. The Morgan fingerprint density at radius 3 is 2.58 bits per heavy atom. The minimum atomic E-state index is -0.694. The number of benzene rings is 2. The Morgan fingerprint density at radius 2 is 1.88 bits per heavy atom. The van der Waals surface area contributed by atoms with Crippen LogP contribution in [0.15, 0.2) is 42.6 Å². The summed E-state index contributed by atoms with van der Waals surface area (Å²) < 4.78 is 41.2. The molecule has 0 radical (unpaired) electrons. The van der Waals surface area contributed by atoms with Crippen molar-refractivity contribution in [3.05, 3.63) is 65.4 Å². The van der Waals surface area contributed by atoms with Crippen LogP contribution in [-0.4, -0.2) is 40.1 Å². The fourth-order valence-corrected chi connectivity index (χ4v) is 3.68. The summed E-state index contributed by atoms with van der Waals surface area (Å²) in [5, 5.41) is 5.35. The van der Waals surface area contributed by atoms with Crippen LogP contribution >= 0.6 is 0 Å². The molecule has 0 saturated heterocycles. The number of aromatic nitrogens is 4. The van der Waals surface area contributed by atoms with Gasteiger partial charge < -0.3 is 15.2 Å². The highest BCUT2D eigenvalue weighted by atomic mass is 19.1. The van der Waals surface area contributed by atoms with Gasteiger partial charge in [-0.25, -0.2) is 18.7 Å². The Bertz CT molecular complexity index is 1250. The highest BCUT2D eigenvalue weighted by Gasteiger charge is 2.19. The predicted octanol–water partition coefficient (Wildman–Crippen LogP) is 4.38. The predicted molar refractivity (Wildman–Crippen MR) is 122 cm³/mol. The molecular weight excluding hydrogens is 428 g/mol. The lowest BCUT2D eigenvalue weighted by molar-refractivity contribution is 0.195. The van der Waals surface area contributed by atoms with Gasteiger partial charge in [0.25, 0.3) is 0 Å². The summed E-state index contributed by atoms with van der Waals surface area (Å²) in [6.07, 6.45) is 3.19. The summed E-state index contributed by atoms with van der Waals surface area (Å²) in [4.78, 5) is 8.90. The smallest absolute Gasteiger partial charge is 0.182 e. The maximum atomic E-state index is 14.7. The van der Waals surface area contributed by atoms with Crippen molar-refractivity contribution in [2.24, 2.45) is 0 Å². The van der Waals surface area contributed by atoms with E-state index in [1.807, 2.05) is 24.3 Å². The third-order valence-electron chi connectivity index (χ3n) is 5.30. The molecule has 7 nitrogen and oxygen atoms in total. The maximum Gasteiger partial charge on any atom is 0.182 e. The first-order chi connectivity index (χ1) is 16.0. The first-order valence-corrected chi connectivity index (χ1v) is 10.7. The quantitative estimate of drug-likeness (QED) is 0.379. The zero-order chi connectivity index (χ0) is 23.4. The van der Waals surface area contributed by atoms with Crippen LogP contribution in [0.4, 0.5) is 14.6 Å². The third kappa shape index (κ3) is 4.78. The van der Waals surface area contributed by atoms with Crippen molar-refractivity contribution in [2.45, 2.75) is 26.3 Å². The Balaban J connectivity index is 1.70. The number of hydrogen-bond donors (Lipinski definition) is 1. The second kappa shape index (κ2) is 9.91. The summed E-state index contributed by atoms with van der Waals surface area (Å²) in [6, 6.07) is 9.76. The molecule has 0 aliphatic rings. The van der Waals surface area contributed by atoms with Crippen LogP contribution in [0, 0.1) is 11.6 Å². The lowest BCUT2D eigenvalue weighted by Gasteiger charge is -2.09. The van der Waals surface area contributed by atoms with E-state index in [2.05, 4.69) is 15.1 Å². The molecule has 0 bridgehead atoms. The molecule has 172 valence electrons. The van der Waals surface area contributed by atoms with Crippen LogP contribution in [0.3, 0.4) is 0 Å². The number of anilines is 1. The molecule has 0 fully saturated rings. The van der Waals surface area contributed by atoms with Crippen molar-refractivity contribution in [2.75, 3.05) is 26.1 Å². The SMILES string of the molecule is CCOc1cc(F)c(Cn2nc(-c3ncc(CCCOC)c(N)n3)c3ccccc32)c(F)c1. The topological polar surface area (TPSA) is 88.1 Å². The van der Waals surface area contributed by atoms with Gasteiger partial charge in [0.05, 0.1) is 18.7 Å². The summed E-state index contributed by atoms with van der Waals surface area (Å²) in [5.41, 5.74) is 8.08. The lowest BCUT2D eigenvalue weighted by atomic mass is 10.1. The molecule has 4 rings (SSSR count). The van der Waals surface area contributed by atoms with E-state index in [9.17, 15) is 8.78 Å². The number of methoxy groups -OCH3 is 1. The highest BCUT2D eigenvalue weighted by Crippen LogP contribution is 2.29. The molecule has 0 aliphatic carbocycles. The van der Waals surface area contributed by atoms with Crippen molar-refractivity contribution in [3.63, 3.8) is 0 Å². The number of nitrogens with two attached hydrogens (primary N) is 1. The number of para-hydroxylation sites is 1. The number of ether oxygens (including phenoxy) is 2. The van der Waals surface area contributed by atoms with E-state index < -0.39 is 11.6 Å². The molecule has 0 atom stereocenters. The van der Waals surface area contributed by atoms with Gasteiger partial charge in [0.15, 0.2) is 5.82 Å². The van der Waals surface area contributed by atoms with Crippen LogP contribution in [0.2, 0.25) is 0 Å². The van der Waals surface area contributed by atoms with Crippen molar-refractivity contribution in [1.82, 2.24) is 19.7 Å². The second-order valence-electron chi connectivity index (χ2n) is 7.52. The first kappa shape index (κ1) is 22.6. The highest BCUT2D eigenvalue weighted by molar-refractivity contribution is 5.91. The molecule has 2 heterocycles. The van der Waals surface area contributed by atoms with E-state index in [1.165, 1.54) is 12.1 Å². The van der Waals surface area contributed by atoms with Gasteiger partial charge in [0.2, 0.25) is 0 Å². The van der Waals surface area contributed by atoms with Crippen LogP contribution in [0.5, 0.6) is 5.75 Å². The Kier molecular flexibility index (Phi) is 6.79. The zero-order valence-electron chi connectivity index (χ0n) is 18.5. The molecule has 0 unspecified atom stereocenters. The largest absolute Gasteiger partial charge is 0.494 e. The van der Waals surface area contributed by atoms with Crippen LogP contribution in [-0.2, 0) is 17.7 Å². The molecule has 4 aromatic rings. The Morgan fingerprint density at radius 1 is 1.12 bits per heavy atom. The average molecular weight is 453 g/mol. The van der Waals surface area contributed by atoms with Gasteiger partial charge in [0.1, 0.15) is 28.9 Å². The van der Waals surface area contributed by atoms with Crippen molar-refractivity contribution in [3.8, 4) is 17.3 Å². The minimum Gasteiger partial charge on any atom is -0.494 e. The van der Waals surface area contributed by atoms with E-state index in [0.717, 1.165) is 17.4 Å². The fraction of sp³-hybridized carbons (Fsp3) is 0.292. The molecule has 2 aromatic carbocycles. The van der Waals surface area contributed by atoms with E-state index >= 15 is 0 Å². The molecular formula is C24H25F2N5O2. The minimum absolute atomic E-state index is 0.102. The summed E-state index contributed by atoms with van der Waals surface area (Å²) >= 11 is 0. The van der Waals surface area contributed by atoms with Gasteiger partial charge >= 0.3 is 0 Å². The molecule has 2 aromatic heterocycles. The first-order valence-electron chi connectivity index (χ1n) is 10.7. The average Bonchev–Trinajstić information content (AvgIpc) is 3.16. The Labute approximate surface area is 190 Å². The third-order valence-corrected chi connectivity index (χ3v) is 5.30. The lowest BCUT2D eigenvalue weighted by Crippen LogP contribution is -2.08. The van der Waals surface area contributed by atoms with Gasteiger partial charge in [-0.15, -0.1) is 0 Å². The maximum absolute atomic E-state index is 14.7. The normalized spacial score (nSPS) is 11.3. The number of nitrogens with zero attached hydrogens (tertiary/aromatic N) is 4. The fourth-order valence-electron chi connectivity index (χ4n) is 3.68. The van der Waals surface area contributed by atoms with Gasteiger partial charge in [0, 0.05) is 48.6 Å². The van der Waals surface area contributed by atoms with Gasteiger partial charge in [-0.1, -0.05) is 18.2 Å². The van der Waals surface area contributed by atoms with Crippen molar-refractivity contribution in [1.29, 1.82) is 0 Å². The van der Waals surface area contributed by atoms with Crippen LogP contribution in [0.25, 0.3) is 22.4 Å². The van der Waals surface area contributed by atoms with Gasteiger partial charge in [-0.3, -0.25) is 4.68 Å². The number of halogens is 2. The molecule has 0 saturated carbocycles. The summed E-state index contributed by atoms with van der Waals surface area (Å²) in [5.74, 6) is -0.512. The summed E-state index contributed by atoms with van der Waals surface area (Å²) in [6.45, 7) is 2.59.